The van der Waals surface area contributed by atoms with Crippen molar-refractivity contribution in [3.05, 3.63) is 12.0 Å². The van der Waals surface area contributed by atoms with Gasteiger partial charge in [0.15, 0.2) is 0 Å². The van der Waals surface area contributed by atoms with Crippen LogP contribution in [0.15, 0.2) is 12.0 Å². The molecule has 0 aliphatic carbocycles. The van der Waals surface area contributed by atoms with Gasteiger partial charge in [0.25, 0.3) is 0 Å². The number of thioether (sulfide) groups is 1. The molecule has 0 aromatic carbocycles. The second-order valence-electron chi connectivity index (χ2n) is 1.39. The van der Waals surface area contributed by atoms with Crippen molar-refractivity contribution in [3.8, 4) is 0 Å². The van der Waals surface area contributed by atoms with E-state index in [0.717, 1.165) is 0 Å². The standard InChI is InChI=1S/C5H12SSi/c1-2-6-4-3-5-7/h2H,1,3-5H2,7H3. The Morgan fingerprint density at radius 3 is 2.86 bits per heavy atom. The fourth-order valence-corrected chi connectivity index (χ4v) is 1.80. The minimum Gasteiger partial charge on any atom is -0.135 e. The maximum atomic E-state index is 3.61. The predicted octanol–water partition coefficient (Wildman–Crippen LogP) is 1.04. The third-order valence-electron chi connectivity index (χ3n) is 0.734. The first-order valence-electron chi connectivity index (χ1n) is 2.64. The van der Waals surface area contributed by atoms with E-state index in [-0.39, 0.29) is 0 Å². The molecule has 7 heavy (non-hydrogen) atoms. The second-order valence-corrected chi connectivity index (χ2v) is 3.47. The van der Waals surface area contributed by atoms with E-state index >= 15 is 0 Å². The van der Waals surface area contributed by atoms with E-state index < -0.39 is 0 Å². The molecule has 0 amide bonds. The summed E-state index contributed by atoms with van der Waals surface area (Å²) in [4.78, 5) is 0. The Kier molecular flexibility index (Phi) is 6.58. The van der Waals surface area contributed by atoms with Crippen LogP contribution in [0.4, 0.5) is 0 Å². The van der Waals surface area contributed by atoms with Crippen LogP contribution in [0.25, 0.3) is 0 Å². The quantitative estimate of drug-likeness (QED) is 0.407. The number of hydrogen-bond donors (Lipinski definition) is 0. The van der Waals surface area contributed by atoms with Crippen molar-refractivity contribution < 1.29 is 0 Å². The van der Waals surface area contributed by atoms with Crippen molar-refractivity contribution in [1.82, 2.24) is 0 Å². The fourth-order valence-electron chi connectivity index (χ4n) is 0.311. The molecule has 0 nitrogen and oxygen atoms in total. The van der Waals surface area contributed by atoms with Crippen molar-refractivity contribution in [1.29, 1.82) is 0 Å². The number of rotatable bonds is 4. The highest BCUT2D eigenvalue weighted by atomic mass is 32.2. The lowest BCUT2D eigenvalue weighted by Gasteiger charge is -1.87. The lowest BCUT2D eigenvalue weighted by Crippen LogP contribution is -1.73. The van der Waals surface area contributed by atoms with E-state index in [0.29, 0.717) is 0 Å². The third kappa shape index (κ3) is 6.31. The zero-order valence-corrected chi connectivity index (χ0v) is 7.63. The van der Waals surface area contributed by atoms with Crippen molar-refractivity contribution in [3.63, 3.8) is 0 Å². The van der Waals surface area contributed by atoms with Gasteiger partial charge in [-0.1, -0.05) is 12.6 Å². The van der Waals surface area contributed by atoms with Crippen LogP contribution in [0, 0.1) is 0 Å². The average Bonchev–Trinajstić information content (AvgIpc) is 1.69. The molecule has 0 atom stereocenters. The van der Waals surface area contributed by atoms with Gasteiger partial charge < -0.3 is 0 Å². The summed E-state index contributed by atoms with van der Waals surface area (Å²) in [5, 5.41) is 1.91. The zero-order valence-electron chi connectivity index (χ0n) is 4.81. The summed E-state index contributed by atoms with van der Waals surface area (Å²) in [6.07, 6.45) is 1.38. The fraction of sp³-hybridized carbons (Fsp3) is 0.600. The first kappa shape index (κ1) is 7.31. The maximum absolute atomic E-state index is 3.61. The van der Waals surface area contributed by atoms with Crippen LogP contribution in [-0.4, -0.2) is 16.0 Å². The molecule has 0 bridgehead atoms. The normalized spacial score (nSPS) is 9.14. The Balaban J connectivity index is 2.56. The average molecular weight is 132 g/mol. The molecule has 0 unspecified atom stereocenters. The van der Waals surface area contributed by atoms with Crippen LogP contribution in [0.1, 0.15) is 6.42 Å². The molecule has 0 aromatic rings. The van der Waals surface area contributed by atoms with Crippen LogP contribution in [0.3, 0.4) is 0 Å². The van der Waals surface area contributed by atoms with Crippen LogP contribution < -0.4 is 0 Å². The predicted molar refractivity (Wildman–Crippen MR) is 42.0 cm³/mol. The highest BCUT2D eigenvalue weighted by Gasteiger charge is 1.77. The molecule has 0 rings (SSSR count). The molecule has 0 aliphatic rings. The summed E-state index contributed by atoms with van der Waals surface area (Å²) in [6.45, 7) is 3.61. The van der Waals surface area contributed by atoms with Crippen LogP contribution >= 0.6 is 11.8 Å². The molecule has 0 saturated carbocycles. The minimum atomic E-state index is 1.27. The van der Waals surface area contributed by atoms with Gasteiger partial charge in [-0.25, -0.2) is 0 Å². The molecule has 0 saturated heterocycles. The first-order chi connectivity index (χ1) is 3.41. The lowest BCUT2D eigenvalue weighted by molar-refractivity contribution is 1.10. The Morgan fingerprint density at radius 1 is 1.71 bits per heavy atom. The Bertz CT molecular complexity index is 45.3. The number of hydrogen-bond acceptors (Lipinski definition) is 1. The van der Waals surface area contributed by atoms with Crippen molar-refractivity contribution in [2.45, 2.75) is 12.5 Å². The molecule has 0 radical (unpaired) electrons. The van der Waals surface area contributed by atoms with Gasteiger partial charge in [0.05, 0.1) is 0 Å². The van der Waals surface area contributed by atoms with E-state index in [4.69, 9.17) is 0 Å². The van der Waals surface area contributed by atoms with Gasteiger partial charge in [-0.15, -0.1) is 11.8 Å². The minimum absolute atomic E-state index is 1.27. The topological polar surface area (TPSA) is 0 Å². The van der Waals surface area contributed by atoms with Crippen molar-refractivity contribution in [2.24, 2.45) is 0 Å². The molecule has 42 valence electrons. The van der Waals surface area contributed by atoms with Crippen molar-refractivity contribution >= 4 is 22.0 Å². The Labute approximate surface area is 52.8 Å². The summed E-state index contributed by atoms with van der Waals surface area (Å²) >= 11 is 1.82. The van der Waals surface area contributed by atoms with Crippen LogP contribution in [0.5, 0.6) is 0 Å². The molecule has 0 aromatic heterocycles. The van der Waals surface area contributed by atoms with Gasteiger partial charge in [0.2, 0.25) is 0 Å². The van der Waals surface area contributed by atoms with E-state index in [1.165, 1.54) is 28.5 Å². The van der Waals surface area contributed by atoms with Crippen LogP contribution in [-0.2, 0) is 0 Å². The Morgan fingerprint density at radius 2 is 2.43 bits per heavy atom. The van der Waals surface area contributed by atoms with E-state index in [9.17, 15) is 0 Å². The molecule has 0 fully saturated rings. The molecule has 0 heterocycles. The highest BCUT2D eigenvalue weighted by molar-refractivity contribution is 8.02. The summed E-state index contributed by atoms with van der Waals surface area (Å²) in [5.41, 5.74) is 0. The molecule has 0 aliphatic heterocycles. The van der Waals surface area contributed by atoms with E-state index in [1.807, 2.05) is 17.2 Å². The van der Waals surface area contributed by atoms with Gasteiger partial charge in [0, 0.05) is 10.2 Å². The van der Waals surface area contributed by atoms with Gasteiger partial charge in [-0.2, -0.15) is 0 Å². The molecule has 0 spiro atoms. The van der Waals surface area contributed by atoms with Crippen LogP contribution in [0.2, 0.25) is 6.04 Å². The monoisotopic (exact) mass is 132 g/mol. The van der Waals surface area contributed by atoms with Gasteiger partial charge >= 0.3 is 0 Å². The summed E-state index contributed by atoms with van der Waals surface area (Å²) < 4.78 is 0. The summed E-state index contributed by atoms with van der Waals surface area (Å²) in [7, 11) is 1.36. The molecular formula is C5H12SSi. The van der Waals surface area contributed by atoms with Gasteiger partial charge in [0.1, 0.15) is 0 Å². The van der Waals surface area contributed by atoms with Gasteiger partial charge in [-0.3, -0.25) is 0 Å². The van der Waals surface area contributed by atoms with Crippen molar-refractivity contribution in [2.75, 3.05) is 5.75 Å². The second kappa shape index (κ2) is 6.31. The Hall–Kier alpha value is 0.307. The first-order valence-corrected chi connectivity index (χ1v) is 5.10. The molecule has 0 N–H and O–H groups in total. The van der Waals surface area contributed by atoms with Gasteiger partial charge in [-0.05, 0) is 17.6 Å². The molecule has 2 heteroatoms. The SMILES string of the molecule is C=CSCCC[SiH3]. The summed E-state index contributed by atoms with van der Waals surface area (Å²) in [6, 6.07) is 1.43. The smallest absolute Gasteiger partial charge is 0.00283 e. The lowest BCUT2D eigenvalue weighted by atomic mass is 10.6. The van der Waals surface area contributed by atoms with E-state index in [2.05, 4.69) is 6.58 Å². The highest BCUT2D eigenvalue weighted by Crippen LogP contribution is 2.02. The third-order valence-corrected chi connectivity index (χ3v) is 2.20. The maximum Gasteiger partial charge on any atom is 0.00283 e. The zero-order chi connectivity index (χ0) is 5.54. The molecular weight excluding hydrogens is 120 g/mol. The largest absolute Gasteiger partial charge is 0.135 e. The summed E-state index contributed by atoms with van der Waals surface area (Å²) in [5.74, 6) is 1.27. The van der Waals surface area contributed by atoms with E-state index in [1.54, 1.807) is 0 Å².